The number of rotatable bonds is 8. The van der Waals surface area contributed by atoms with Gasteiger partial charge < -0.3 is 14.8 Å². The normalized spacial score (nSPS) is 10.5. The number of nitrogens with one attached hydrogen (secondary N) is 1. The van der Waals surface area contributed by atoms with Crippen LogP contribution in [0.25, 0.3) is 11.4 Å². The van der Waals surface area contributed by atoms with Crippen molar-refractivity contribution >= 4 is 40.6 Å². The van der Waals surface area contributed by atoms with Gasteiger partial charge in [-0.3, -0.25) is 4.79 Å². The van der Waals surface area contributed by atoms with Gasteiger partial charge in [0, 0.05) is 36.4 Å². The van der Waals surface area contributed by atoms with Gasteiger partial charge in [0.05, 0.1) is 17.0 Å². The highest BCUT2D eigenvalue weighted by molar-refractivity contribution is 7.99. The second kappa shape index (κ2) is 10.3. The number of carbonyl (C=O) groups is 1. The molecule has 3 rings (SSSR count). The summed E-state index contributed by atoms with van der Waals surface area (Å²) in [7, 11) is 1.87. The molecule has 0 atom stereocenters. The van der Waals surface area contributed by atoms with Gasteiger partial charge in [0.1, 0.15) is 6.07 Å². The Labute approximate surface area is 191 Å². The summed E-state index contributed by atoms with van der Waals surface area (Å²) in [6.07, 6.45) is 0. The molecule has 31 heavy (non-hydrogen) atoms. The van der Waals surface area contributed by atoms with Gasteiger partial charge in [-0.25, -0.2) is 0 Å². The maximum atomic E-state index is 12.4. The molecule has 0 saturated carbocycles. The van der Waals surface area contributed by atoms with Gasteiger partial charge in [0.25, 0.3) is 0 Å². The zero-order chi connectivity index (χ0) is 22.4. The lowest BCUT2D eigenvalue weighted by molar-refractivity contribution is -0.113. The molecule has 7 nitrogen and oxygen atoms in total. The first-order chi connectivity index (χ1) is 15.0. The highest BCUT2D eigenvalue weighted by atomic mass is 35.5. The lowest BCUT2D eigenvalue weighted by atomic mass is 10.2. The first-order valence-electron chi connectivity index (χ1n) is 9.83. The Morgan fingerprint density at radius 3 is 2.55 bits per heavy atom. The van der Waals surface area contributed by atoms with Gasteiger partial charge in [-0.1, -0.05) is 23.4 Å². The predicted molar refractivity (Wildman–Crippen MR) is 126 cm³/mol. The molecule has 2 aromatic carbocycles. The second-order valence-corrected chi connectivity index (χ2v) is 8.10. The first kappa shape index (κ1) is 22.7. The highest BCUT2D eigenvalue weighted by Gasteiger charge is 2.14. The van der Waals surface area contributed by atoms with Crippen LogP contribution in [0.4, 0.5) is 11.4 Å². The van der Waals surface area contributed by atoms with Crippen molar-refractivity contribution in [3.63, 3.8) is 0 Å². The monoisotopic (exact) mass is 454 g/mol. The van der Waals surface area contributed by atoms with Gasteiger partial charge in [-0.2, -0.15) is 5.26 Å². The van der Waals surface area contributed by atoms with Crippen LogP contribution in [0.3, 0.4) is 0 Å². The summed E-state index contributed by atoms with van der Waals surface area (Å²) in [4.78, 5) is 14.6. The third kappa shape index (κ3) is 5.37. The van der Waals surface area contributed by atoms with Crippen LogP contribution in [0.15, 0.2) is 47.6 Å². The second-order valence-electron chi connectivity index (χ2n) is 6.72. The molecule has 1 aromatic heterocycles. The van der Waals surface area contributed by atoms with Gasteiger partial charge in [-0.15, -0.1) is 10.2 Å². The fourth-order valence-electron chi connectivity index (χ4n) is 3.14. The number of benzene rings is 2. The van der Waals surface area contributed by atoms with E-state index < -0.39 is 0 Å². The fraction of sp³-hybridized carbons (Fsp3) is 0.273. The summed E-state index contributed by atoms with van der Waals surface area (Å²) in [6, 6.07) is 15.0. The number of nitriles is 1. The van der Waals surface area contributed by atoms with E-state index in [9.17, 15) is 10.1 Å². The van der Waals surface area contributed by atoms with E-state index in [1.165, 1.54) is 17.4 Å². The van der Waals surface area contributed by atoms with Crippen molar-refractivity contribution in [2.45, 2.75) is 19.0 Å². The molecule has 0 aliphatic heterocycles. The van der Waals surface area contributed by atoms with E-state index in [1.807, 2.05) is 29.8 Å². The average molecular weight is 455 g/mol. The summed E-state index contributed by atoms with van der Waals surface area (Å²) < 4.78 is 1.87. The van der Waals surface area contributed by atoms with Crippen molar-refractivity contribution in [1.82, 2.24) is 14.8 Å². The van der Waals surface area contributed by atoms with Crippen molar-refractivity contribution in [3.8, 4) is 17.5 Å². The minimum Gasteiger partial charge on any atom is -0.372 e. The van der Waals surface area contributed by atoms with E-state index in [-0.39, 0.29) is 11.7 Å². The Morgan fingerprint density at radius 1 is 1.19 bits per heavy atom. The molecule has 0 bridgehead atoms. The summed E-state index contributed by atoms with van der Waals surface area (Å²) in [5.74, 6) is 0.608. The van der Waals surface area contributed by atoms with E-state index in [1.54, 1.807) is 18.2 Å². The fourth-order valence-corrected chi connectivity index (χ4v) is 4.02. The number of nitrogens with zero attached hydrogens (tertiary/aromatic N) is 5. The van der Waals surface area contributed by atoms with Gasteiger partial charge in [0.2, 0.25) is 5.91 Å². The number of aromatic nitrogens is 3. The Morgan fingerprint density at radius 2 is 1.90 bits per heavy atom. The van der Waals surface area contributed by atoms with Crippen LogP contribution >= 0.6 is 23.4 Å². The molecule has 0 radical (unpaired) electrons. The summed E-state index contributed by atoms with van der Waals surface area (Å²) in [6.45, 7) is 6.17. The Kier molecular flexibility index (Phi) is 7.55. The number of thioether (sulfide) groups is 1. The molecule has 0 aliphatic carbocycles. The quantitative estimate of drug-likeness (QED) is 0.501. The topological polar surface area (TPSA) is 86.8 Å². The van der Waals surface area contributed by atoms with Crippen molar-refractivity contribution in [3.05, 3.63) is 53.1 Å². The summed E-state index contributed by atoms with van der Waals surface area (Å²) in [5.41, 5.74) is 2.88. The Bertz CT molecular complexity index is 1100. The van der Waals surface area contributed by atoms with E-state index in [0.717, 1.165) is 24.5 Å². The third-order valence-corrected chi connectivity index (χ3v) is 6.05. The molecule has 1 N–H and O–H groups in total. The maximum absolute atomic E-state index is 12.4. The third-order valence-electron chi connectivity index (χ3n) is 4.80. The first-order valence-corrected chi connectivity index (χ1v) is 11.2. The van der Waals surface area contributed by atoms with Crippen LogP contribution in [-0.2, 0) is 11.8 Å². The standard InChI is InChI=1S/C22H23ClN6OS/c1-4-29(5-2)18-10-7-15(8-11-18)21-26-27-22(28(21)3)31-14-20(30)25-19-12-17(23)9-6-16(19)13-24/h6-12H,4-5,14H2,1-3H3,(H,25,30). The number of anilines is 2. The molecular weight excluding hydrogens is 432 g/mol. The van der Waals surface area contributed by atoms with Crippen LogP contribution in [0.2, 0.25) is 5.02 Å². The van der Waals surface area contributed by atoms with Crippen LogP contribution in [0.5, 0.6) is 0 Å². The smallest absolute Gasteiger partial charge is 0.234 e. The minimum atomic E-state index is -0.253. The lowest BCUT2D eigenvalue weighted by Crippen LogP contribution is -2.21. The zero-order valence-electron chi connectivity index (χ0n) is 17.6. The molecule has 0 fully saturated rings. The summed E-state index contributed by atoms with van der Waals surface area (Å²) in [5, 5.41) is 21.5. The lowest BCUT2D eigenvalue weighted by Gasteiger charge is -2.21. The van der Waals surface area contributed by atoms with Gasteiger partial charge in [0.15, 0.2) is 11.0 Å². The molecule has 0 aliphatic rings. The number of amides is 1. The van der Waals surface area contributed by atoms with Crippen LogP contribution in [-0.4, -0.2) is 39.5 Å². The average Bonchev–Trinajstić information content (AvgIpc) is 3.14. The maximum Gasteiger partial charge on any atom is 0.234 e. The predicted octanol–water partition coefficient (Wildman–Crippen LogP) is 4.58. The number of hydrogen-bond donors (Lipinski definition) is 1. The molecular formula is C22H23ClN6OS. The number of hydrogen-bond acceptors (Lipinski definition) is 6. The van der Waals surface area contributed by atoms with Crippen LogP contribution in [0.1, 0.15) is 19.4 Å². The van der Waals surface area contributed by atoms with E-state index >= 15 is 0 Å². The largest absolute Gasteiger partial charge is 0.372 e. The SMILES string of the molecule is CCN(CC)c1ccc(-c2nnc(SCC(=O)Nc3cc(Cl)ccc3C#N)n2C)cc1. The molecule has 3 aromatic rings. The molecule has 0 spiro atoms. The van der Waals surface area contributed by atoms with Crippen molar-refractivity contribution < 1.29 is 4.79 Å². The molecule has 160 valence electrons. The Hall–Kier alpha value is -3.02. The number of halogens is 1. The van der Waals surface area contributed by atoms with Crippen molar-refractivity contribution in [1.29, 1.82) is 5.26 Å². The zero-order valence-corrected chi connectivity index (χ0v) is 19.2. The van der Waals surface area contributed by atoms with E-state index in [0.29, 0.717) is 21.4 Å². The van der Waals surface area contributed by atoms with Crippen molar-refractivity contribution in [2.75, 3.05) is 29.1 Å². The molecule has 0 unspecified atom stereocenters. The van der Waals surface area contributed by atoms with E-state index in [2.05, 4.69) is 46.4 Å². The van der Waals surface area contributed by atoms with Crippen molar-refractivity contribution in [2.24, 2.45) is 7.05 Å². The minimum absolute atomic E-state index is 0.129. The summed E-state index contributed by atoms with van der Waals surface area (Å²) >= 11 is 7.24. The molecule has 1 heterocycles. The van der Waals surface area contributed by atoms with Crippen LogP contribution in [0, 0.1) is 11.3 Å². The Balaban J connectivity index is 1.66. The molecule has 0 saturated heterocycles. The molecule has 1 amide bonds. The highest BCUT2D eigenvalue weighted by Crippen LogP contribution is 2.26. The van der Waals surface area contributed by atoms with Gasteiger partial charge >= 0.3 is 0 Å². The van der Waals surface area contributed by atoms with Gasteiger partial charge in [-0.05, 0) is 56.3 Å². The van der Waals surface area contributed by atoms with Crippen LogP contribution < -0.4 is 10.2 Å². The molecule has 9 heteroatoms. The number of carbonyl (C=O) groups excluding carboxylic acids is 1. The van der Waals surface area contributed by atoms with E-state index in [4.69, 9.17) is 11.6 Å².